The topological polar surface area (TPSA) is 35.5 Å². The minimum atomic E-state index is -1.71. The molecule has 0 aromatic rings. The molecule has 0 amide bonds. The molecular formula is C23H50O3Si2. The van der Waals surface area contributed by atoms with Crippen molar-refractivity contribution in [1.29, 1.82) is 0 Å². The molecule has 0 aromatic heterocycles. The van der Waals surface area contributed by atoms with Crippen molar-refractivity contribution in [2.24, 2.45) is 0 Å². The van der Waals surface area contributed by atoms with Gasteiger partial charge in [-0.15, -0.1) is 0 Å². The van der Waals surface area contributed by atoms with Gasteiger partial charge in [-0.3, -0.25) is 4.79 Å². The highest BCUT2D eigenvalue weighted by atomic mass is 28.4. The maximum Gasteiger partial charge on any atom is 0.192 e. The monoisotopic (exact) mass is 430 g/mol. The summed E-state index contributed by atoms with van der Waals surface area (Å²) in [4.78, 5) is 12.2. The summed E-state index contributed by atoms with van der Waals surface area (Å²) in [7, 11) is -3.42. The Morgan fingerprint density at radius 1 is 0.714 bits per heavy atom. The highest BCUT2D eigenvalue weighted by Gasteiger charge is 2.39. The summed E-state index contributed by atoms with van der Waals surface area (Å²) in [6.45, 7) is 27.1. The van der Waals surface area contributed by atoms with E-state index in [2.05, 4.69) is 81.6 Å². The summed E-state index contributed by atoms with van der Waals surface area (Å²) in [5.41, 5.74) is 0. The standard InChI is InChI=1S/C23H50O3Si2/c1-19(25-27(9,10)22(3,4)5)15-13-17-21(24)18-14-16-20(2)26-28(11,12)23(6,7)8/h19-20H,13-18H2,1-12H3/t19-,20+. The molecule has 5 heteroatoms. The van der Waals surface area contributed by atoms with E-state index in [1.165, 1.54) is 0 Å². The van der Waals surface area contributed by atoms with Gasteiger partial charge in [0, 0.05) is 25.0 Å². The van der Waals surface area contributed by atoms with Crippen molar-refractivity contribution in [3.63, 3.8) is 0 Å². The fourth-order valence-corrected chi connectivity index (χ4v) is 5.73. The van der Waals surface area contributed by atoms with Crippen molar-refractivity contribution in [3.8, 4) is 0 Å². The number of Topliss-reactive ketones (excluding diaryl/α,β-unsaturated/α-hetero) is 1. The Bertz CT molecular complexity index is 431. The van der Waals surface area contributed by atoms with Crippen LogP contribution in [0.15, 0.2) is 0 Å². The second kappa shape index (κ2) is 10.9. The number of ketones is 1. The lowest BCUT2D eigenvalue weighted by Crippen LogP contribution is -2.43. The van der Waals surface area contributed by atoms with Crippen LogP contribution in [0.1, 0.15) is 93.9 Å². The first-order valence-electron chi connectivity index (χ1n) is 11.3. The smallest absolute Gasteiger partial charge is 0.192 e. The molecule has 0 saturated carbocycles. The van der Waals surface area contributed by atoms with E-state index in [-0.39, 0.29) is 22.3 Å². The van der Waals surface area contributed by atoms with E-state index in [1.807, 2.05) is 0 Å². The highest BCUT2D eigenvalue weighted by Crippen LogP contribution is 2.38. The summed E-state index contributed by atoms with van der Waals surface area (Å²) >= 11 is 0. The van der Waals surface area contributed by atoms with Crippen LogP contribution in [0.3, 0.4) is 0 Å². The third-order valence-electron chi connectivity index (χ3n) is 6.74. The predicted octanol–water partition coefficient (Wildman–Crippen LogP) is 7.72. The third-order valence-corrected chi connectivity index (χ3v) is 15.9. The van der Waals surface area contributed by atoms with Crippen LogP contribution in [-0.2, 0) is 13.6 Å². The first-order valence-corrected chi connectivity index (χ1v) is 17.1. The lowest BCUT2D eigenvalue weighted by Gasteiger charge is -2.38. The molecule has 0 aromatic carbocycles. The second-order valence-electron chi connectivity index (χ2n) is 11.7. The maximum absolute atomic E-state index is 12.2. The van der Waals surface area contributed by atoms with Gasteiger partial charge in [0.25, 0.3) is 0 Å². The molecule has 0 bridgehead atoms. The first kappa shape index (κ1) is 28.0. The molecule has 0 rings (SSSR count). The van der Waals surface area contributed by atoms with Gasteiger partial charge in [0.1, 0.15) is 5.78 Å². The van der Waals surface area contributed by atoms with Gasteiger partial charge in [-0.25, -0.2) is 0 Å². The zero-order chi connectivity index (χ0) is 22.4. The van der Waals surface area contributed by atoms with Gasteiger partial charge < -0.3 is 8.85 Å². The van der Waals surface area contributed by atoms with Crippen LogP contribution in [0, 0.1) is 0 Å². The van der Waals surface area contributed by atoms with Crippen molar-refractivity contribution in [3.05, 3.63) is 0 Å². The Morgan fingerprint density at radius 2 is 1.00 bits per heavy atom. The number of hydrogen-bond donors (Lipinski definition) is 0. The minimum Gasteiger partial charge on any atom is -0.414 e. The summed E-state index contributed by atoms with van der Waals surface area (Å²) in [6.07, 6.45) is 5.67. The lowest BCUT2D eigenvalue weighted by atomic mass is 10.1. The summed E-state index contributed by atoms with van der Waals surface area (Å²) in [5.74, 6) is 0.388. The number of hydrogen-bond acceptors (Lipinski definition) is 3. The van der Waals surface area contributed by atoms with Gasteiger partial charge in [-0.05, 0) is 75.8 Å². The van der Waals surface area contributed by atoms with Crippen molar-refractivity contribution in [2.45, 2.75) is 142 Å². The average molecular weight is 431 g/mol. The highest BCUT2D eigenvalue weighted by molar-refractivity contribution is 6.74. The molecule has 0 fully saturated rings. The van der Waals surface area contributed by atoms with Crippen molar-refractivity contribution in [1.82, 2.24) is 0 Å². The molecule has 168 valence electrons. The van der Waals surface area contributed by atoms with E-state index in [0.717, 1.165) is 25.7 Å². The van der Waals surface area contributed by atoms with Gasteiger partial charge in [-0.2, -0.15) is 0 Å². The van der Waals surface area contributed by atoms with Gasteiger partial charge >= 0.3 is 0 Å². The predicted molar refractivity (Wildman–Crippen MR) is 128 cm³/mol. The molecule has 2 atom stereocenters. The van der Waals surface area contributed by atoms with Gasteiger partial charge in [0.2, 0.25) is 0 Å². The largest absolute Gasteiger partial charge is 0.414 e. The van der Waals surface area contributed by atoms with Crippen LogP contribution >= 0.6 is 0 Å². The normalized spacial score (nSPS) is 16.1. The van der Waals surface area contributed by atoms with E-state index in [0.29, 0.717) is 18.6 Å². The number of carbonyl (C=O) groups is 1. The zero-order valence-electron chi connectivity index (χ0n) is 21.1. The van der Waals surface area contributed by atoms with E-state index >= 15 is 0 Å². The van der Waals surface area contributed by atoms with Gasteiger partial charge in [0.15, 0.2) is 16.6 Å². The molecule has 3 nitrogen and oxygen atoms in total. The fourth-order valence-electron chi connectivity index (χ4n) is 2.78. The van der Waals surface area contributed by atoms with Crippen LogP contribution in [0.4, 0.5) is 0 Å². The minimum absolute atomic E-state index is 0.236. The summed E-state index contributed by atoms with van der Waals surface area (Å²) in [6, 6.07) is 0. The molecule has 0 heterocycles. The molecule has 0 spiro atoms. The second-order valence-corrected chi connectivity index (χ2v) is 21.2. The Hall–Kier alpha value is 0.0238. The van der Waals surface area contributed by atoms with Crippen molar-refractivity contribution in [2.75, 3.05) is 0 Å². The van der Waals surface area contributed by atoms with Crippen LogP contribution in [0.5, 0.6) is 0 Å². The SMILES string of the molecule is C[C@H](CCCC(=O)CCC[C@H](C)O[Si](C)(C)C(C)(C)C)O[Si](C)(C)C(C)(C)C. The molecule has 0 saturated heterocycles. The summed E-state index contributed by atoms with van der Waals surface area (Å²) < 4.78 is 12.8. The quantitative estimate of drug-likeness (QED) is 0.297. The van der Waals surface area contributed by atoms with E-state index in [4.69, 9.17) is 8.85 Å². The Kier molecular flexibility index (Phi) is 10.9. The molecule has 28 heavy (non-hydrogen) atoms. The lowest BCUT2D eigenvalue weighted by molar-refractivity contribution is -0.119. The fraction of sp³-hybridized carbons (Fsp3) is 0.957. The van der Waals surface area contributed by atoms with Crippen LogP contribution in [0.2, 0.25) is 36.3 Å². The van der Waals surface area contributed by atoms with E-state index in [1.54, 1.807) is 0 Å². The van der Waals surface area contributed by atoms with Gasteiger partial charge in [0.05, 0.1) is 0 Å². The first-order chi connectivity index (χ1) is 12.4. The van der Waals surface area contributed by atoms with E-state index < -0.39 is 16.6 Å². The number of rotatable bonds is 12. The van der Waals surface area contributed by atoms with Crippen molar-refractivity contribution < 1.29 is 13.6 Å². The molecule has 0 N–H and O–H groups in total. The van der Waals surface area contributed by atoms with Crippen LogP contribution in [0.25, 0.3) is 0 Å². The molecule has 0 aliphatic carbocycles. The van der Waals surface area contributed by atoms with Crippen LogP contribution < -0.4 is 0 Å². The Labute approximate surface area is 178 Å². The van der Waals surface area contributed by atoms with Crippen molar-refractivity contribution >= 4 is 22.4 Å². The third kappa shape index (κ3) is 10.2. The van der Waals surface area contributed by atoms with E-state index in [9.17, 15) is 4.79 Å². The zero-order valence-corrected chi connectivity index (χ0v) is 23.1. The molecule has 0 unspecified atom stereocenters. The maximum atomic E-state index is 12.2. The number of carbonyl (C=O) groups excluding carboxylic acids is 1. The van der Waals surface area contributed by atoms with Gasteiger partial charge in [-0.1, -0.05) is 41.5 Å². The molecular weight excluding hydrogens is 380 g/mol. The molecule has 0 aliphatic rings. The summed E-state index contributed by atoms with van der Waals surface area (Å²) in [5, 5.41) is 0.473. The average Bonchev–Trinajstić information content (AvgIpc) is 2.43. The molecule has 0 radical (unpaired) electrons. The Balaban J connectivity index is 4.09. The van der Waals surface area contributed by atoms with Crippen LogP contribution in [-0.4, -0.2) is 34.6 Å². The Morgan fingerprint density at radius 3 is 1.25 bits per heavy atom. The molecule has 0 aliphatic heterocycles.